The molecule has 2 aromatic heterocycles. The Kier molecular flexibility index (Phi) is 4.23. The molecule has 3 aromatic rings. The lowest BCUT2D eigenvalue weighted by atomic mass is 9.97. The van der Waals surface area contributed by atoms with E-state index >= 15 is 0 Å². The zero-order valence-electron chi connectivity index (χ0n) is 14.1. The standard InChI is InChI=1S/C19H17N5O2/c20-10-13-4-5-18(21-11-13)24-8-6-14(7-9-24)19(25)26-17-3-1-2-16-15(17)12-22-23-16/h1-5,11-12,14H,6-9H2,(H,22,23). The average molecular weight is 347 g/mol. The van der Waals surface area contributed by atoms with Crippen LogP contribution in [-0.2, 0) is 4.79 Å². The van der Waals surface area contributed by atoms with Crippen LogP contribution in [0.1, 0.15) is 18.4 Å². The second kappa shape index (κ2) is 6.84. The van der Waals surface area contributed by atoms with Crippen molar-refractivity contribution in [2.45, 2.75) is 12.8 Å². The van der Waals surface area contributed by atoms with E-state index in [-0.39, 0.29) is 11.9 Å². The summed E-state index contributed by atoms with van der Waals surface area (Å²) in [6, 6.07) is 11.2. The number of pyridine rings is 1. The number of nitrogens with zero attached hydrogens (tertiary/aromatic N) is 4. The first-order valence-electron chi connectivity index (χ1n) is 8.49. The van der Waals surface area contributed by atoms with Crippen molar-refractivity contribution in [3.63, 3.8) is 0 Å². The molecular weight excluding hydrogens is 330 g/mol. The number of rotatable bonds is 3. The minimum absolute atomic E-state index is 0.133. The number of nitrogens with one attached hydrogen (secondary N) is 1. The highest BCUT2D eigenvalue weighted by atomic mass is 16.5. The van der Waals surface area contributed by atoms with Crippen molar-refractivity contribution in [3.8, 4) is 11.8 Å². The number of carbonyl (C=O) groups is 1. The van der Waals surface area contributed by atoms with Crippen molar-refractivity contribution in [2.24, 2.45) is 5.92 Å². The van der Waals surface area contributed by atoms with Gasteiger partial charge >= 0.3 is 5.97 Å². The molecule has 0 unspecified atom stereocenters. The highest BCUT2D eigenvalue weighted by Crippen LogP contribution is 2.27. The second-order valence-corrected chi connectivity index (χ2v) is 6.29. The number of hydrogen-bond donors (Lipinski definition) is 1. The predicted octanol–water partition coefficient (Wildman–Crippen LogP) is 2.65. The van der Waals surface area contributed by atoms with Crippen LogP contribution >= 0.6 is 0 Å². The Balaban J connectivity index is 1.39. The third kappa shape index (κ3) is 3.09. The van der Waals surface area contributed by atoms with Crippen LogP contribution in [0.3, 0.4) is 0 Å². The number of aromatic amines is 1. The molecule has 1 N–H and O–H groups in total. The molecule has 1 fully saturated rings. The van der Waals surface area contributed by atoms with Gasteiger partial charge in [-0.1, -0.05) is 6.07 Å². The Hall–Kier alpha value is -3.40. The number of benzene rings is 1. The Morgan fingerprint density at radius 3 is 2.81 bits per heavy atom. The van der Waals surface area contributed by atoms with E-state index in [9.17, 15) is 4.79 Å². The molecule has 130 valence electrons. The molecule has 7 heteroatoms. The van der Waals surface area contributed by atoms with Crippen molar-refractivity contribution in [3.05, 3.63) is 48.3 Å². The molecule has 4 rings (SSSR count). The van der Waals surface area contributed by atoms with Crippen molar-refractivity contribution < 1.29 is 9.53 Å². The fraction of sp³-hybridized carbons (Fsp3) is 0.263. The van der Waals surface area contributed by atoms with Crippen LogP contribution in [0.2, 0.25) is 0 Å². The second-order valence-electron chi connectivity index (χ2n) is 6.29. The van der Waals surface area contributed by atoms with Crippen molar-refractivity contribution >= 4 is 22.7 Å². The molecule has 0 atom stereocenters. The van der Waals surface area contributed by atoms with Gasteiger partial charge in [0.1, 0.15) is 17.6 Å². The Labute approximate surface area is 150 Å². The number of esters is 1. The number of anilines is 1. The van der Waals surface area contributed by atoms with Crippen molar-refractivity contribution in [2.75, 3.05) is 18.0 Å². The molecule has 0 spiro atoms. The minimum Gasteiger partial charge on any atom is -0.426 e. The molecule has 3 heterocycles. The number of hydrogen-bond acceptors (Lipinski definition) is 6. The minimum atomic E-state index is -0.203. The lowest BCUT2D eigenvalue weighted by Crippen LogP contribution is -2.38. The van der Waals surface area contributed by atoms with Crippen LogP contribution in [0, 0.1) is 17.2 Å². The van der Waals surface area contributed by atoms with E-state index in [0.29, 0.717) is 24.2 Å². The normalized spacial score (nSPS) is 15.0. The topological polar surface area (TPSA) is 94.9 Å². The molecule has 1 saturated heterocycles. The number of ether oxygens (including phenoxy) is 1. The summed E-state index contributed by atoms with van der Waals surface area (Å²) in [7, 11) is 0. The van der Waals surface area contributed by atoms with Gasteiger partial charge in [0.2, 0.25) is 0 Å². The molecule has 1 aromatic carbocycles. The summed E-state index contributed by atoms with van der Waals surface area (Å²) in [5, 5.41) is 16.5. The van der Waals surface area contributed by atoms with E-state index in [1.54, 1.807) is 24.5 Å². The smallest absolute Gasteiger partial charge is 0.314 e. The maximum absolute atomic E-state index is 12.5. The Morgan fingerprint density at radius 1 is 1.23 bits per heavy atom. The summed E-state index contributed by atoms with van der Waals surface area (Å²) >= 11 is 0. The summed E-state index contributed by atoms with van der Waals surface area (Å²) in [6.07, 6.45) is 4.65. The van der Waals surface area contributed by atoms with E-state index in [4.69, 9.17) is 10.00 Å². The monoisotopic (exact) mass is 347 g/mol. The molecule has 0 saturated carbocycles. The fourth-order valence-corrected chi connectivity index (χ4v) is 3.21. The van der Waals surface area contributed by atoms with E-state index in [1.807, 2.05) is 18.2 Å². The van der Waals surface area contributed by atoms with Gasteiger partial charge in [-0.25, -0.2) is 4.98 Å². The van der Waals surface area contributed by atoms with Gasteiger partial charge in [0, 0.05) is 19.3 Å². The molecule has 0 aliphatic carbocycles. The van der Waals surface area contributed by atoms with Gasteiger partial charge in [-0.05, 0) is 37.1 Å². The third-order valence-corrected chi connectivity index (χ3v) is 4.68. The summed E-state index contributed by atoms with van der Waals surface area (Å²) < 4.78 is 5.63. The van der Waals surface area contributed by atoms with Crippen LogP contribution < -0.4 is 9.64 Å². The highest BCUT2D eigenvalue weighted by Gasteiger charge is 2.27. The maximum Gasteiger partial charge on any atom is 0.314 e. The molecule has 26 heavy (non-hydrogen) atoms. The number of H-pyrrole nitrogens is 1. The predicted molar refractivity (Wildman–Crippen MR) is 95.6 cm³/mol. The molecule has 0 radical (unpaired) electrons. The van der Waals surface area contributed by atoms with Crippen LogP contribution in [0.4, 0.5) is 5.82 Å². The summed E-state index contributed by atoms with van der Waals surface area (Å²) in [5.41, 5.74) is 1.39. The van der Waals surface area contributed by atoms with E-state index in [2.05, 4.69) is 26.2 Å². The SMILES string of the molecule is N#Cc1ccc(N2CCC(C(=O)Oc3cccc4[nH]ncc34)CC2)nc1. The molecule has 7 nitrogen and oxygen atoms in total. The largest absolute Gasteiger partial charge is 0.426 e. The first kappa shape index (κ1) is 16.1. The zero-order chi connectivity index (χ0) is 17.9. The fourth-order valence-electron chi connectivity index (χ4n) is 3.21. The average Bonchev–Trinajstić information content (AvgIpc) is 3.18. The van der Waals surface area contributed by atoms with Crippen LogP contribution in [-0.4, -0.2) is 34.2 Å². The summed E-state index contributed by atoms with van der Waals surface area (Å²) in [4.78, 5) is 19.0. The van der Waals surface area contributed by atoms with Gasteiger partial charge in [-0.3, -0.25) is 9.89 Å². The lowest BCUT2D eigenvalue weighted by Gasteiger charge is -2.31. The Bertz CT molecular complexity index is 966. The first-order chi connectivity index (χ1) is 12.7. The maximum atomic E-state index is 12.5. The Morgan fingerprint density at radius 2 is 2.08 bits per heavy atom. The quantitative estimate of drug-likeness (QED) is 0.578. The molecular formula is C19H17N5O2. The summed E-state index contributed by atoms with van der Waals surface area (Å²) in [5.74, 6) is 1.04. The van der Waals surface area contributed by atoms with Crippen molar-refractivity contribution in [1.82, 2.24) is 15.2 Å². The third-order valence-electron chi connectivity index (χ3n) is 4.68. The van der Waals surface area contributed by atoms with Gasteiger partial charge in [0.25, 0.3) is 0 Å². The van der Waals surface area contributed by atoms with Gasteiger partial charge < -0.3 is 9.64 Å². The number of aromatic nitrogens is 3. The van der Waals surface area contributed by atoms with Gasteiger partial charge in [-0.15, -0.1) is 0 Å². The van der Waals surface area contributed by atoms with Gasteiger partial charge in [0.05, 0.1) is 28.6 Å². The van der Waals surface area contributed by atoms with E-state index < -0.39 is 0 Å². The number of fused-ring (bicyclic) bond motifs is 1. The molecule has 1 aliphatic heterocycles. The molecule has 0 amide bonds. The first-order valence-corrected chi connectivity index (χ1v) is 8.49. The molecule has 1 aliphatic rings. The van der Waals surface area contributed by atoms with Gasteiger partial charge in [0.15, 0.2) is 0 Å². The zero-order valence-corrected chi connectivity index (χ0v) is 14.1. The van der Waals surface area contributed by atoms with E-state index in [0.717, 1.165) is 29.8 Å². The van der Waals surface area contributed by atoms with E-state index in [1.165, 1.54) is 0 Å². The van der Waals surface area contributed by atoms with Crippen LogP contribution in [0.25, 0.3) is 10.9 Å². The number of carbonyl (C=O) groups excluding carboxylic acids is 1. The molecule has 0 bridgehead atoms. The van der Waals surface area contributed by atoms with Crippen LogP contribution in [0.15, 0.2) is 42.7 Å². The summed E-state index contributed by atoms with van der Waals surface area (Å²) in [6.45, 7) is 1.46. The number of piperidine rings is 1. The lowest BCUT2D eigenvalue weighted by molar-refractivity contribution is -0.139. The van der Waals surface area contributed by atoms with Gasteiger partial charge in [-0.2, -0.15) is 10.4 Å². The van der Waals surface area contributed by atoms with Crippen molar-refractivity contribution in [1.29, 1.82) is 5.26 Å². The van der Waals surface area contributed by atoms with Crippen LogP contribution in [0.5, 0.6) is 5.75 Å². The highest BCUT2D eigenvalue weighted by molar-refractivity contribution is 5.87. The number of nitriles is 1.